The van der Waals surface area contributed by atoms with E-state index in [1.54, 1.807) is 0 Å². The molecule has 0 bridgehead atoms. The monoisotopic (exact) mass is 234 g/mol. The van der Waals surface area contributed by atoms with Gasteiger partial charge in [-0.2, -0.15) is 0 Å². The molecule has 0 aliphatic carbocycles. The van der Waals surface area contributed by atoms with E-state index in [0.717, 1.165) is 0 Å². The molecule has 0 aromatic heterocycles. The zero-order valence-corrected chi connectivity index (χ0v) is 8.17. The number of benzene rings is 1. The Kier molecular flexibility index (Phi) is 3.46. The van der Waals surface area contributed by atoms with E-state index >= 15 is 0 Å². The van der Waals surface area contributed by atoms with Crippen LogP contribution in [0.25, 0.3) is 0 Å². The first-order valence-electron chi connectivity index (χ1n) is 3.42. The molecular weight excluding hydrogens is 231 g/mol. The van der Waals surface area contributed by atoms with Crippen LogP contribution in [0, 0.1) is 0 Å². The molecule has 0 heterocycles. The van der Waals surface area contributed by atoms with Crippen LogP contribution in [0.3, 0.4) is 0 Å². The molecule has 1 aromatic rings. The van der Waals surface area contributed by atoms with Crippen LogP contribution in [0.4, 0.5) is 0 Å². The van der Waals surface area contributed by atoms with Gasteiger partial charge >= 0.3 is 0 Å². The van der Waals surface area contributed by atoms with Crippen LogP contribution >= 0.6 is 23.2 Å². The van der Waals surface area contributed by atoms with Crippen molar-refractivity contribution in [1.82, 2.24) is 0 Å². The Balaban J connectivity index is 3.39. The summed E-state index contributed by atoms with van der Waals surface area (Å²) in [4.78, 5) is 25.5. The predicted molar refractivity (Wildman–Crippen MR) is 50.1 cm³/mol. The lowest BCUT2D eigenvalue weighted by Gasteiger charge is -2.04. The maximum absolute atomic E-state index is 10.8. The lowest BCUT2D eigenvalue weighted by molar-refractivity contribution is -0.138. The summed E-state index contributed by atoms with van der Waals surface area (Å²) in [5.74, 6) is -0.340. The first-order chi connectivity index (χ1) is 6.57. The van der Waals surface area contributed by atoms with Gasteiger partial charge in [-0.3, -0.25) is 9.59 Å². The number of hydrogen-bond acceptors (Lipinski definition) is 4. The fourth-order valence-corrected chi connectivity index (χ4v) is 1.24. The van der Waals surface area contributed by atoms with E-state index in [0.29, 0.717) is 0 Å². The zero-order chi connectivity index (χ0) is 10.7. The van der Waals surface area contributed by atoms with Gasteiger partial charge in [-0.05, 0) is 35.3 Å². The van der Waals surface area contributed by atoms with Gasteiger partial charge in [0, 0.05) is 0 Å². The zero-order valence-electron chi connectivity index (χ0n) is 6.66. The fourth-order valence-electron chi connectivity index (χ4n) is 0.945. The Morgan fingerprint density at radius 1 is 1.14 bits per heavy atom. The third kappa shape index (κ3) is 2.04. The molecule has 14 heavy (non-hydrogen) atoms. The van der Waals surface area contributed by atoms with E-state index in [-0.39, 0.29) is 16.9 Å². The van der Waals surface area contributed by atoms with Crippen LogP contribution in [0.15, 0.2) is 18.2 Å². The van der Waals surface area contributed by atoms with Crippen molar-refractivity contribution in [3.8, 4) is 5.75 Å². The molecule has 0 unspecified atom stereocenters. The van der Waals surface area contributed by atoms with Gasteiger partial charge in [0.1, 0.15) is 0 Å². The molecular formula is C8H4Cl2O4. The first-order valence-corrected chi connectivity index (χ1v) is 4.17. The molecule has 0 atom stereocenters. The minimum Gasteiger partial charge on any atom is -0.339 e. The lowest BCUT2D eigenvalue weighted by Crippen LogP contribution is -2.02. The van der Waals surface area contributed by atoms with Gasteiger partial charge < -0.3 is 4.89 Å². The van der Waals surface area contributed by atoms with E-state index in [1.807, 2.05) is 0 Å². The molecule has 0 amide bonds. The van der Waals surface area contributed by atoms with Crippen molar-refractivity contribution in [1.29, 1.82) is 0 Å². The average Bonchev–Trinajstić information content (AvgIpc) is 2.16. The number of hydrogen-bond donors (Lipinski definition) is 1. The normalized spacial score (nSPS) is 9.64. The van der Waals surface area contributed by atoms with Crippen LogP contribution in [0.1, 0.15) is 20.7 Å². The molecule has 0 fully saturated rings. The quantitative estimate of drug-likeness (QED) is 0.496. The average molecular weight is 235 g/mol. The van der Waals surface area contributed by atoms with E-state index < -0.39 is 10.5 Å². The number of carbonyl (C=O) groups is 2. The van der Waals surface area contributed by atoms with Crippen molar-refractivity contribution < 1.29 is 19.7 Å². The van der Waals surface area contributed by atoms with Crippen LogP contribution in [-0.2, 0) is 0 Å². The topological polar surface area (TPSA) is 63.6 Å². The number of carbonyl (C=O) groups excluding carboxylic acids is 2. The Morgan fingerprint density at radius 3 is 1.86 bits per heavy atom. The number of rotatable bonds is 3. The highest BCUT2D eigenvalue weighted by atomic mass is 35.5. The van der Waals surface area contributed by atoms with Crippen LogP contribution in [-0.4, -0.2) is 15.7 Å². The summed E-state index contributed by atoms with van der Waals surface area (Å²) in [6, 6.07) is 3.99. The Morgan fingerprint density at radius 2 is 1.57 bits per heavy atom. The van der Waals surface area contributed by atoms with Crippen molar-refractivity contribution in [3.05, 3.63) is 29.3 Å². The van der Waals surface area contributed by atoms with Crippen molar-refractivity contribution in [2.24, 2.45) is 0 Å². The molecule has 0 saturated heterocycles. The van der Waals surface area contributed by atoms with Gasteiger partial charge in [-0.25, -0.2) is 5.26 Å². The summed E-state index contributed by atoms with van der Waals surface area (Å²) in [7, 11) is 0. The summed E-state index contributed by atoms with van der Waals surface area (Å²) >= 11 is 10.4. The minimum absolute atomic E-state index is 0.124. The van der Waals surface area contributed by atoms with Crippen molar-refractivity contribution in [3.63, 3.8) is 0 Å². The van der Waals surface area contributed by atoms with Crippen molar-refractivity contribution in [2.45, 2.75) is 0 Å². The van der Waals surface area contributed by atoms with Gasteiger partial charge in [0.25, 0.3) is 10.5 Å². The first kappa shape index (κ1) is 11.0. The third-order valence-corrected chi connectivity index (χ3v) is 1.94. The fraction of sp³-hybridized carbons (Fsp3) is 0. The molecule has 74 valence electrons. The maximum atomic E-state index is 10.8. The molecule has 0 aliphatic heterocycles. The highest BCUT2D eigenvalue weighted by molar-refractivity contribution is 6.69. The van der Waals surface area contributed by atoms with Gasteiger partial charge in [0.05, 0.1) is 11.1 Å². The molecule has 0 saturated carbocycles. The van der Waals surface area contributed by atoms with Crippen molar-refractivity contribution in [2.75, 3.05) is 0 Å². The van der Waals surface area contributed by atoms with Gasteiger partial charge in [-0.1, -0.05) is 6.07 Å². The van der Waals surface area contributed by atoms with E-state index in [4.69, 9.17) is 28.5 Å². The molecule has 1 rings (SSSR count). The Labute approximate surface area is 88.9 Å². The smallest absolute Gasteiger partial charge is 0.256 e. The number of halogens is 2. The third-order valence-electron chi connectivity index (χ3n) is 1.53. The van der Waals surface area contributed by atoms with Crippen LogP contribution in [0.2, 0.25) is 0 Å². The van der Waals surface area contributed by atoms with E-state index in [9.17, 15) is 9.59 Å². The second-order valence-corrected chi connectivity index (χ2v) is 3.01. The van der Waals surface area contributed by atoms with Crippen molar-refractivity contribution >= 4 is 33.7 Å². The molecule has 0 aliphatic rings. The lowest BCUT2D eigenvalue weighted by atomic mass is 10.1. The summed E-state index contributed by atoms with van der Waals surface area (Å²) in [6.45, 7) is 0. The van der Waals surface area contributed by atoms with Crippen LogP contribution < -0.4 is 4.89 Å². The molecule has 6 heteroatoms. The highest BCUT2D eigenvalue weighted by Crippen LogP contribution is 2.26. The summed E-state index contributed by atoms with van der Waals surface area (Å²) in [5, 5.41) is 6.77. The SMILES string of the molecule is O=C(Cl)c1cccc(C(=O)Cl)c1OO. The van der Waals surface area contributed by atoms with E-state index in [2.05, 4.69) is 4.89 Å². The molecule has 1 N–H and O–H groups in total. The largest absolute Gasteiger partial charge is 0.339 e. The summed E-state index contributed by atoms with van der Waals surface area (Å²) in [6.07, 6.45) is 0. The van der Waals surface area contributed by atoms with Gasteiger partial charge in [0.15, 0.2) is 5.75 Å². The molecule has 0 radical (unpaired) electrons. The second kappa shape index (κ2) is 4.41. The predicted octanol–water partition coefficient (Wildman–Crippen LogP) is 2.30. The van der Waals surface area contributed by atoms with Gasteiger partial charge in [0.2, 0.25) is 0 Å². The second-order valence-electron chi connectivity index (χ2n) is 2.32. The summed E-state index contributed by atoms with van der Waals surface area (Å²) in [5.41, 5.74) is -0.249. The van der Waals surface area contributed by atoms with E-state index in [1.165, 1.54) is 18.2 Å². The Hall–Kier alpha value is -1.10. The number of para-hydroxylation sites is 1. The standard InChI is InChI=1S/C8H4Cl2O4/c9-7(11)4-2-1-3-5(8(10)12)6(4)14-13/h1-3,13H. The minimum atomic E-state index is -0.853. The molecule has 4 nitrogen and oxygen atoms in total. The summed E-state index contributed by atoms with van der Waals surface area (Å²) < 4.78 is 0. The Bertz CT molecular complexity index is 357. The maximum Gasteiger partial charge on any atom is 0.256 e. The van der Waals surface area contributed by atoms with Crippen LogP contribution in [0.5, 0.6) is 5.75 Å². The van der Waals surface area contributed by atoms with Gasteiger partial charge in [-0.15, -0.1) is 0 Å². The molecule has 1 aromatic carbocycles. The highest BCUT2D eigenvalue weighted by Gasteiger charge is 2.18. The molecule has 0 spiro atoms.